The molecular weight excluding hydrogens is 254 g/mol. The molecule has 1 aromatic heterocycles. The molecule has 1 N–H and O–H groups in total. The number of aromatic nitrogens is 1. The van der Waals surface area contributed by atoms with E-state index in [9.17, 15) is 14.3 Å². The lowest BCUT2D eigenvalue weighted by molar-refractivity contribution is -0.384. The van der Waals surface area contributed by atoms with Gasteiger partial charge >= 0.3 is 5.69 Å². The van der Waals surface area contributed by atoms with Gasteiger partial charge < -0.3 is 5.32 Å². The van der Waals surface area contributed by atoms with E-state index in [1.54, 1.807) is 19.2 Å². The maximum absolute atomic E-state index is 11.0. The van der Waals surface area contributed by atoms with Gasteiger partial charge in [0.25, 0.3) is 0 Å². The highest BCUT2D eigenvalue weighted by Crippen LogP contribution is 2.26. The molecule has 0 saturated carbocycles. The van der Waals surface area contributed by atoms with Gasteiger partial charge in [-0.2, -0.15) is 0 Å². The van der Waals surface area contributed by atoms with E-state index in [2.05, 4.69) is 10.3 Å². The molecule has 0 radical (unpaired) electrons. The summed E-state index contributed by atoms with van der Waals surface area (Å²) in [7, 11) is -0.857. The first kappa shape index (κ1) is 14.6. The minimum absolute atomic E-state index is 0.00182. The van der Waals surface area contributed by atoms with Crippen molar-refractivity contribution in [3.63, 3.8) is 0 Å². The number of pyridine rings is 1. The molecule has 100 valence electrons. The highest BCUT2D eigenvalue weighted by molar-refractivity contribution is 7.84. The summed E-state index contributed by atoms with van der Waals surface area (Å²) in [5.41, 5.74) is 0.575. The van der Waals surface area contributed by atoms with E-state index >= 15 is 0 Å². The minimum Gasteiger partial charge on any atom is -0.362 e. The molecule has 6 nitrogen and oxygen atoms in total. The summed E-state index contributed by atoms with van der Waals surface area (Å²) in [6.45, 7) is 3.57. The number of aryl methyl sites for hydroxylation is 1. The van der Waals surface area contributed by atoms with Gasteiger partial charge in [-0.3, -0.25) is 14.3 Å². The summed E-state index contributed by atoms with van der Waals surface area (Å²) in [5.74, 6) is 0.836. The molecule has 1 heterocycles. The fraction of sp³-hybridized carbons (Fsp3) is 0.545. The summed E-state index contributed by atoms with van der Waals surface area (Å²) in [4.78, 5) is 14.5. The van der Waals surface area contributed by atoms with Crippen LogP contribution in [0.3, 0.4) is 0 Å². The Morgan fingerprint density at radius 2 is 2.28 bits per heavy atom. The zero-order valence-electron chi connectivity index (χ0n) is 10.7. The number of nitro groups is 1. The van der Waals surface area contributed by atoms with Crippen LogP contribution >= 0.6 is 0 Å². The van der Waals surface area contributed by atoms with Crippen LogP contribution in [0.4, 0.5) is 11.5 Å². The topological polar surface area (TPSA) is 85.1 Å². The molecule has 0 amide bonds. The third kappa shape index (κ3) is 4.06. The lowest BCUT2D eigenvalue weighted by Crippen LogP contribution is -2.19. The molecule has 2 atom stereocenters. The molecule has 1 rings (SSSR count). The Hall–Kier alpha value is -1.50. The number of hydrogen-bond acceptors (Lipinski definition) is 5. The second-order valence-electron chi connectivity index (χ2n) is 4.19. The number of anilines is 1. The fourth-order valence-electron chi connectivity index (χ4n) is 1.53. The molecule has 0 saturated heterocycles. The summed E-state index contributed by atoms with van der Waals surface area (Å²) in [5, 5.41) is 14.0. The predicted octanol–water partition coefficient (Wildman–Crippen LogP) is 1.87. The lowest BCUT2D eigenvalue weighted by Gasteiger charge is -2.14. The van der Waals surface area contributed by atoms with Gasteiger partial charge in [-0.1, -0.05) is 0 Å². The van der Waals surface area contributed by atoms with Crippen LogP contribution in [0.2, 0.25) is 0 Å². The molecule has 0 aliphatic carbocycles. The molecule has 0 aliphatic heterocycles. The molecule has 0 spiro atoms. The Balaban J connectivity index is 2.81. The number of hydrogen-bond donors (Lipinski definition) is 1. The van der Waals surface area contributed by atoms with E-state index in [-0.39, 0.29) is 17.5 Å². The van der Waals surface area contributed by atoms with Crippen molar-refractivity contribution in [2.24, 2.45) is 0 Å². The van der Waals surface area contributed by atoms with E-state index in [4.69, 9.17) is 0 Å². The molecule has 2 unspecified atom stereocenters. The SMILES string of the molecule is Cc1ccnc(NC(C)CCS(C)=O)c1[N+](=O)[O-]. The Labute approximate surface area is 108 Å². The normalized spacial score (nSPS) is 13.9. The molecule has 7 heteroatoms. The first-order valence-electron chi connectivity index (χ1n) is 5.58. The third-order valence-electron chi connectivity index (χ3n) is 2.53. The first-order chi connectivity index (χ1) is 8.41. The van der Waals surface area contributed by atoms with Gasteiger partial charge in [0.05, 0.1) is 4.92 Å². The molecular formula is C11H17N3O3S. The lowest BCUT2D eigenvalue weighted by atomic mass is 10.2. The second kappa shape index (κ2) is 6.44. The van der Waals surface area contributed by atoms with Crippen LogP contribution in [-0.4, -0.2) is 32.2 Å². The predicted molar refractivity (Wildman–Crippen MR) is 72.3 cm³/mol. The number of rotatable bonds is 6. The average Bonchev–Trinajstić information content (AvgIpc) is 2.26. The van der Waals surface area contributed by atoms with E-state index < -0.39 is 15.7 Å². The smallest absolute Gasteiger partial charge is 0.314 e. The van der Waals surface area contributed by atoms with Gasteiger partial charge in [0.2, 0.25) is 5.82 Å². The maximum atomic E-state index is 11.0. The van der Waals surface area contributed by atoms with Crippen LogP contribution in [0, 0.1) is 17.0 Å². The third-order valence-corrected chi connectivity index (χ3v) is 3.34. The molecule has 18 heavy (non-hydrogen) atoms. The van der Waals surface area contributed by atoms with Gasteiger partial charge in [0.15, 0.2) is 0 Å². The van der Waals surface area contributed by atoms with Crippen LogP contribution < -0.4 is 5.32 Å². The van der Waals surface area contributed by atoms with E-state index in [0.717, 1.165) is 0 Å². The number of nitrogens with one attached hydrogen (secondary N) is 1. The van der Waals surface area contributed by atoms with Crippen molar-refractivity contribution < 1.29 is 9.13 Å². The zero-order valence-corrected chi connectivity index (χ0v) is 11.5. The summed E-state index contributed by atoms with van der Waals surface area (Å²) in [6, 6.07) is 1.59. The van der Waals surface area contributed by atoms with E-state index in [0.29, 0.717) is 17.7 Å². The summed E-state index contributed by atoms with van der Waals surface area (Å²) < 4.78 is 11.0. The van der Waals surface area contributed by atoms with Crippen molar-refractivity contribution >= 4 is 22.3 Å². The fourth-order valence-corrected chi connectivity index (χ4v) is 2.22. The van der Waals surface area contributed by atoms with Gasteiger partial charge in [0, 0.05) is 40.6 Å². The zero-order chi connectivity index (χ0) is 13.7. The first-order valence-corrected chi connectivity index (χ1v) is 7.31. The van der Waals surface area contributed by atoms with Crippen LogP contribution in [-0.2, 0) is 10.8 Å². The monoisotopic (exact) mass is 271 g/mol. The quantitative estimate of drug-likeness (QED) is 0.630. The minimum atomic E-state index is -0.857. The number of nitrogens with zero attached hydrogens (tertiary/aromatic N) is 2. The van der Waals surface area contributed by atoms with Crippen LogP contribution in [0.1, 0.15) is 18.9 Å². The van der Waals surface area contributed by atoms with Gasteiger partial charge in [-0.25, -0.2) is 4.98 Å². The van der Waals surface area contributed by atoms with Gasteiger partial charge in [-0.05, 0) is 26.3 Å². The summed E-state index contributed by atoms with van der Waals surface area (Å²) >= 11 is 0. The van der Waals surface area contributed by atoms with Crippen molar-refractivity contribution in [1.82, 2.24) is 4.98 Å². The van der Waals surface area contributed by atoms with Crippen molar-refractivity contribution in [1.29, 1.82) is 0 Å². The Kier molecular flexibility index (Phi) is 5.21. The molecule has 0 aromatic carbocycles. The average molecular weight is 271 g/mol. The Morgan fingerprint density at radius 3 is 2.83 bits per heavy atom. The van der Waals surface area contributed by atoms with Gasteiger partial charge in [0.1, 0.15) is 0 Å². The van der Waals surface area contributed by atoms with Crippen LogP contribution in [0.25, 0.3) is 0 Å². The Morgan fingerprint density at radius 1 is 1.61 bits per heavy atom. The van der Waals surface area contributed by atoms with Crippen LogP contribution in [0.5, 0.6) is 0 Å². The van der Waals surface area contributed by atoms with Crippen molar-refractivity contribution in [2.45, 2.75) is 26.3 Å². The Bertz CT molecular complexity index is 465. The maximum Gasteiger partial charge on any atom is 0.314 e. The summed E-state index contributed by atoms with van der Waals surface area (Å²) in [6.07, 6.45) is 3.85. The van der Waals surface area contributed by atoms with Crippen molar-refractivity contribution in [3.8, 4) is 0 Å². The van der Waals surface area contributed by atoms with Crippen molar-refractivity contribution in [2.75, 3.05) is 17.3 Å². The molecule has 0 aliphatic rings. The molecule has 0 bridgehead atoms. The van der Waals surface area contributed by atoms with Crippen LogP contribution in [0.15, 0.2) is 12.3 Å². The second-order valence-corrected chi connectivity index (χ2v) is 5.75. The van der Waals surface area contributed by atoms with E-state index in [1.807, 2.05) is 6.92 Å². The van der Waals surface area contributed by atoms with Crippen molar-refractivity contribution in [3.05, 3.63) is 27.9 Å². The largest absolute Gasteiger partial charge is 0.362 e. The standard InChI is InChI=1S/C11H17N3O3S/c1-8-4-6-12-11(10(8)14(15)16)13-9(2)5-7-18(3)17/h4,6,9H,5,7H2,1-3H3,(H,12,13). The highest BCUT2D eigenvalue weighted by Gasteiger charge is 2.19. The molecule has 0 fully saturated rings. The van der Waals surface area contributed by atoms with E-state index in [1.165, 1.54) is 6.20 Å². The highest BCUT2D eigenvalue weighted by atomic mass is 32.2. The molecule has 1 aromatic rings. The van der Waals surface area contributed by atoms with Gasteiger partial charge in [-0.15, -0.1) is 0 Å².